The highest BCUT2D eigenvalue weighted by atomic mass is 32.1. The van der Waals surface area contributed by atoms with Gasteiger partial charge in [-0.15, -0.1) is 0 Å². The van der Waals surface area contributed by atoms with Crippen LogP contribution >= 0.6 is 12.2 Å². The van der Waals surface area contributed by atoms with Gasteiger partial charge >= 0.3 is 0 Å². The van der Waals surface area contributed by atoms with E-state index in [0.717, 1.165) is 17.8 Å². The number of nitro groups is 1. The predicted molar refractivity (Wildman–Crippen MR) is 103 cm³/mol. The molecule has 5 rings (SSSR count). The Hall–Kier alpha value is -1.69. The minimum Gasteiger partial charge on any atom is -0.359 e. The summed E-state index contributed by atoms with van der Waals surface area (Å²) in [5.74, 6) is 2.73. The summed E-state index contributed by atoms with van der Waals surface area (Å²) < 4.78 is 0. The predicted octanol–water partition coefficient (Wildman–Crippen LogP) is 4.49. The van der Waals surface area contributed by atoms with E-state index in [4.69, 9.17) is 12.2 Å². The van der Waals surface area contributed by atoms with Crippen LogP contribution in [0.25, 0.3) is 0 Å². The first-order chi connectivity index (χ1) is 11.9. The fourth-order valence-electron chi connectivity index (χ4n) is 5.92. The standard InChI is InChI=1S/C19H25N3O2S/c1-12(19-9-13-5-14(10-19)7-15(6-13)11-19)20-18(25)21-16-3-2-4-17(8-16)22(23)24/h2-4,8,12-15H,5-7,9-11H2,1H3,(H2,20,21,25). The molecule has 4 saturated carbocycles. The van der Waals surface area contributed by atoms with Crippen LogP contribution in [0.2, 0.25) is 0 Å². The Morgan fingerprint density at radius 2 is 1.84 bits per heavy atom. The summed E-state index contributed by atoms with van der Waals surface area (Å²) in [5.41, 5.74) is 1.11. The van der Waals surface area contributed by atoms with E-state index >= 15 is 0 Å². The Morgan fingerprint density at radius 3 is 2.40 bits per heavy atom. The lowest BCUT2D eigenvalue weighted by Crippen LogP contribution is -2.56. The van der Waals surface area contributed by atoms with E-state index < -0.39 is 0 Å². The fraction of sp³-hybridized carbons (Fsp3) is 0.632. The molecule has 2 N–H and O–H groups in total. The van der Waals surface area contributed by atoms with E-state index in [1.54, 1.807) is 12.1 Å². The van der Waals surface area contributed by atoms with Crippen molar-refractivity contribution in [1.29, 1.82) is 0 Å². The molecule has 0 aromatic heterocycles. The maximum atomic E-state index is 10.9. The van der Waals surface area contributed by atoms with Gasteiger partial charge < -0.3 is 10.6 Å². The Bertz CT molecular complexity index is 670. The van der Waals surface area contributed by atoms with E-state index in [-0.39, 0.29) is 10.6 Å². The zero-order valence-corrected chi connectivity index (χ0v) is 15.3. The summed E-state index contributed by atoms with van der Waals surface area (Å²) >= 11 is 5.48. The minimum absolute atomic E-state index is 0.0712. The summed E-state index contributed by atoms with van der Waals surface area (Å²) in [4.78, 5) is 10.5. The van der Waals surface area contributed by atoms with Crippen LogP contribution in [0.15, 0.2) is 24.3 Å². The zero-order valence-electron chi connectivity index (χ0n) is 14.5. The van der Waals surface area contributed by atoms with E-state index in [2.05, 4.69) is 17.6 Å². The molecule has 4 fully saturated rings. The number of non-ortho nitro benzene ring substituents is 1. The van der Waals surface area contributed by atoms with Gasteiger partial charge in [-0.2, -0.15) is 0 Å². The average molecular weight is 359 g/mol. The van der Waals surface area contributed by atoms with Crippen molar-refractivity contribution in [2.75, 3.05) is 5.32 Å². The van der Waals surface area contributed by atoms with Gasteiger partial charge in [-0.25, -0.2) is 0 Å². The Balaban J connectivity index is 1.41. The third-order valence-electron chi connectivity index (χ3n) is 6.67. The third kappa shape index (κ3) is 3.24. The number of hydrogen-bond donors (Lipinski definition) is 2. The minimum atomic E-state index is -0.389. The normalized spacial score (nSPS) is 33.7. The van der Waals surface area contributed by atoms with Crippen molar-refractivity contribution >= 4 is 28.7 Å². The number of hydrogen-bond acceptors (Lipinski definition) is 3. The van der Waals surface area contributed by atoms with Gasteiger partial charge in [0.1, 0.15) is 0 Å². The second kappa shape index (κ2) is 6.24. The van der Waals surface area contributed by atoms with Crippen molar-refractivity contribution in [3.63, 3.8) is 0 Å². The fourth-order valence-corrected chi connectivity index (χ4v) is 6.22. The van der Waals surface area contributed by atoms with Crippen LogP contribution in [0, 0.1) is 33.3 Å². The number of thiocarbonyl (C=S) groups is 1. The van der Waals surface area contributed by atoms with Crippen LogP contribution < -0.4 is 10.6 Å². The van der Waals surface area contributed by atoms with E-state index in [9.17, 15) is 10.1 Å². The lowest BCUT2D eigenvalue weighted by molar-refractivity contribution is -0.384. The quantitative estimate of drug-likeness (QED) is 0.471. The first-order valence-corrected chi connectivity index (χ1v) is 9.66. The topological polar surface area (TPSA) is 67.2 Å². The lowest BCUT2D eigenvalue weighted by atomic mass is 9.48. The molecule has 6 heteroatoms. The molecule has 4 aliphatic rings. The largest absolute Gasteiger partial charge is 0.359 e. The van der Waals surface area contributed by atoms with Crippen molar-refractivity contribution < 1.29 is 4.92 Å². The molecule has 1 atom stereocenters. The number of nitrogens with one attached hydrogen (secondary N) is 2. The smallest absolute Gasteiger partial charge is 0.271 e. The highest BCUT2D eigenvalue weighted by Gasteiger charge is 2.53. The molecular weight excluding hydrogens is 334 g/mol. The van der Waals surface area contributed by atoms with Gasteiger partial charge in [0.05, 0.1) is 4.92 Å². The van der Waals surface area contributed by atoms with Gasteiger partial charge in [0, 0.05) is 23.9 Å². The first-order valence-electron chi connectivity index (χ1n) is 9.25. The van der Waals surface area contributed by atoms with Gasteiger partial charge in [0.25, 0.3) is 5.69 Å². The lowest BCUT2D eigenvalue weighted by Gasteiger charge is -2.59. The van der Waals surface area contributed by atoms with Crippen LogP contribution in [0.5, 0.6) is 0 Å². The van der Waals surface area contributed by atoms with Crippen LogP contribution in [-0.2, 0) is 0 Å². The summed E-state index contributed by atoms with van der Waals surface area (Å²) in [7, 11) is 0. The summed E-state index contributed by atoms with van der Waals surface area (Å²) in [5, 5.41) is 18.1. The molecule has 4 aliphatic carbocycles. The van der Waals surface area contributed by atoms with Crippen molar-refractivity contribution in [3.05, 3.63) is 34.4 Å². The van der Waals surface area contributed by atoms with Crippen molar-refractivity contribution in [1.82, 2.24) is 5.32 Å². The molecule has 0 heterocycles. The van der Waals surface area contributed by atoms with E-state index in [0.29, 0.717) is 22.3 Å². The monoisotopic (exact) mass is 359 g/mol. The molecule has 5 nitrogen and oxygen atoms in total. The summed E-state index contributed by atoms with van der Waals surface area (Å²) in [6.45, 7) is 2.26. The van der Waals surface area contributed by atoms with Gasteiger partial charge in [-0.05, 0) is 86.9 Å². The van der Waals surface area contributed by atoms with Crippen LogP contribution in [-0.4, -0.2) is 16.1 Å². The SMILES string of the molecule is CC(NC(=S)Nc1cccc([N+](=O)[O-])c1)C12CC3CC(CC(C3)C1)C2. The summed E-state index contributed by atoms with van der Waals surface area (Å²) in [6, 6.07) is 6.81. The molecule has 0 spiro atoms. The molecule has 0 radical (unpaired) electrons. The molecular formula is C19H25N3O2S. The second-order valence-corrected chi connectivity index (χ2v) is 8.82. The van der Waals surface area contributed by atoms with Gasteiger partial charge in [0.2, 0.25) is 0 Å². The number of anilines is 1. The Kier molecular flexibility index (Phi) is 4.18. The molecule has 1 aromatic rings. The molecule has 25 heavy (non-hydrogen) atoms. The molecule has 134 valence electrons. The van der Waals surface area contributed by atoms with Crippen molar-refractivity contribution in [3.8, 4) is 0 Å². The highest BCUT2D eigenvalue weighted by molar-refractivity contribution is 7.80. The third-order valence-corrected chi connectivity index (χ3v) is 6.89. The maximum Gasteiger partial charge on any atom is 0.271 e. The van der Waals surface area contributed by atoms with Crippen molar-refractivity contribution in [2.45, 2.75) is 51.5 Å². The van der Waals surface area contributed by atoms with Gasteiger partial charge in [-0.3, -0.25) is 10.1 Å². The van der Waals surface area contributed by atoms with Crippen LogP contribution in [0.3, 0.4) is 0 Å². The number of nitro benzene ring substituents is 1. The van der Waals surface area contributed by atoms with E-state index in [1.165, 1.54) is 50.7 Å². The van der Waals surface area contributed by atoms with Crippen molar-refractivity contribution in [2.24, 2.45) is 23.2 Å². The number of rotatable bonds is 4. The maximum absolute atomic E-state index is 10.9. The number of nitrogens with zero attached hydrogens (tertiary/aromatic N) is 1. The Morgan fingerprint density at radius 1 is 1.24 bits per heavy atom. The molecule has 1 unspecified atom stereocenters. The zero-order chi connectivity index (χ0) is 17.6. The van der Waals surface area contributed by atoms with E-state index in [1.807, 2.05) is 0 Å². The highest BCUT2D eigenvalue weighted by Crippen LogP contribution is 2.61. The van der Waals surface area contributed by atoms with Gasteiger partial charge in [0.15, 0.2) is 5.11 Å². The molecule has 1 aromatic carbocycles. The summed E-state index contributed by atoms with van der Waals surface area (Å²) in [6.07, 6.45) is 8.28. The molecule has 0 aliphatic heterocycles. The second-order valence-electron chi connectivity index (χ2n) is 8.41. The molecule has 4 bridgehead atoms. The van der Waals surface area contributed by atoms with Gasteiger partial charge in [-0.1, -0.05) is 6.07 Å². The van der Waals surface area contributed by atoms with Crippen LogP contribution in [0.1, 0.15) is 45.4 Å². The number of benzene rings is 1. The molecule has 0 saturated heterocycles. The average Bonchev–Trinajstić information content (AvgIpc) is 2.53. The molecule has 0 amide bonds. The van der Waals surface area contributed by atoms with Crippen LogP contribution in [0.4, 0.5) is 11.4 Å². The Labute approximate surface area is 153 Å². The first kappa shape index (κ1) is 16.8.